The molecule has 0 bridgehead atoms. The van der Waals surface area contributed by atoms with Gasteiger partial charge < -0.3 is 9.73 Å². The molecule has 0 atom stereocenters. The molecule has 0 spiro atoms. The number of pyridine rings is 1. The number of nitrogens with one attached hydrogen (secondary N) is 1. The molecule has 0 radical (unpaired) electrons. The van der Waals surface area contributed by atoms with Crippen molar-refractivity contribution in [1.29, 1.82) is 0 Å². The summed E-state index contributed by atoms with van der Waals surface area (Å²) < 4.78 is 4.90. The van der Waals surface area contributed by atoms with Gasteiger partial charge in [0.2, 0.25) is 5.22 Å². The Hall–Kier alpha value is -2.33. The predicted octanol–water partition coefficient (Wildman–Crippen LogP) is 3.73. The SMILES string of the molecule is O=C(Nc1cccc2cccnc12)c1ccoc1Cl. The third-order valence-corrected chi connectivity index (χ3v) is 3.04. The Morgan fingerprint density at radius 2 is 2.05 bits per heavy atom. The second-order valence-electron chi connectivity index (χ2n) is 3.94. The number of amides is 1. The van der Waals surface area contributed by atoms with Gasteiger partial charge in [-0.25, -0.2) is 0 Å². The monoisotopic (exact) mass is 272 g/mol. The summed E-state index contributed by atoms with van der Waals surface area (Å²) in [5.74, 6) is -0.322. The molecule has 2 heterocycles. The van der Waals surface area contributed by atoms with E-state index in [-0.39, 0.29) is 11.1 Å². The second-order valence-corrected chi connectivity index (χ2v) is 4.29. The van der Waals surface area contributed by atoms with Gasteiger partial charge in [-0.05, 0) is 29.8 Å². The van der Waals surface area contributed by atoms with Gasteiger partial charge in [-0.2, -0.15) is 0 Å². The van der Waals surface area contributed by atoms with E-state index < -0.39 is 0 Å². The van der Waals surface area contributed by atoms with Gasteiger partial charge >= 0.3 is 0 Å². The van der Waals surface area contributed by atoms with Gasteiger partial charge in [0.05, 0.1) is 23.0 Å². The highest BCUT2D eigenvalue weighted by molar-refractivity contribution is 6.32. The number of aromatic nitrogens is 1. The molecule has 0 aliphatic rings. The fourth-order valence-corrected chi connectivity index (χ4v) is 2.05. The molecule has 0 saturated heterocycles. The van der Waals surface area contributed by atoms with Crippen LogP contribution in [0.25, 0.3) is 10.9 Å². The Bertz CT molecular complexity index is 747. The molecule has 0 aliphatic carbocycles. The molecule has 3 aromatic rings. The largest absolute Gasteiger partial charge is 0.452 e. The average molecular weight is 273 g/mol. The van der Waals surface area contributed by atoms with E-state index in [0.717, 1.165) is 10.9 Å². The standard InChI is InChI=1S/C14H9ClN2O2/c15-13-10(6-8-19-13)14(18)17-11-5-1-3-9-4-2-7-16-12(9)11/h1-8H,(H,17,18). The molecule has 3 rings (SSSR count). The van der Waals surface area contributed by atoms with E-state index in [0.29, 0.717) is 11.3 Å². The first kappa shape index (κ1) is 11.7. The van der Waals surface area contributed by atoms with E-state index in [1.54, 1.807) is 12.3 Å². The van der Waals surface area contributed by atoms with E-state index >= 15 is 0 Å². The van der Waals surface area contributed by atoms with Crippen molar-refractivity contribution in [1.82, 2.24) is 4.98 Å². The average Bonchev–Trinajstić information content (AvgIpc) is 2.85. The van der Waals surface area contributed by atoms with Crippen molar-refractivity contribution in [3.8, 4) is 0 Å². The summed E-state index contributed by atoms with van der Waals surface area (Å²) in [6.07, 6.45) is 3.06. The number of rotatable bonds is 2. The van der Waals surface area contributed by atoms with Crippen LogP contribution in [-0.2, 0) is 0 Å². The number of anilines is 1. The van der Waals surface area contributed by atoms with Gasteiger partial charge in [0.15, 0.2) is 0 Å². The maximum atomic E-state index is 12.1. The van der Waals surface area contributed by atoms with Crippen molar-refractivity contribution in [3.05, 3.63) is 59.6 Å². The molecule has 1 aromatic carbocycles. The Kier molecular flexibility index (Phi) is 2.93. The molecular formula is C14H9ClN2O2. The third-order valence-electron chi connectivity index (χ3n) is 2.74. The third kappa shape index (κ3) is 2.18. The molecule has 19 heavy (non-hydrogen) atoms. The molecule has 1 amide bonds. The minimum atomic E-state index is -0.322. The van der Waals surface area contributed by atoms with Crippen molar-refractivity contribution in [3.63, 3.8) is 0 Å². The minimum Gasteiger partial charge on any atom is -0.452 e. The molecule has 0 unspecified atom stereocenters. The van der Waals surface area contributed by atoms with Gasteiger partial charge in [-0.3, -0.25) is 9.78 Å². The summed E-state index contributed by atoms with van der Waals surface area (Å²) in [6, 6.07) is 10.9. The maximum absolute atomic E-state index is 12.1. The number of halogens is 1. The van der Waals surface area contributed by atoms with Crippen LogP contribution in [0.15, 0.2) is 53.3 Å². The van der Waals surface area contributed by atoms with Crippen LogP contribution in [0, 0.1) is 0 Å². The lowest BCUT2D eigenvalue weighted by Crippen LogP contribution is -2.11. The quantitative estimate of drug-likeness (QED) is 0.773. The molecular weight excluding hydrogens is 264 g/mol. The zero-order chi connectivity index (χ0) is 13.2. The van der Waals surface area contributed by atoms with Crippen LogP contribution in [-0.4, -0.2) is 10.9 Å². The van der Waals surface area contributed by atoms with E-state index in [4.69, 9.17) is 16.0 Å². The Balaban J connectivity index is 1.98. The lowest BCUT2D eigenvalue weighted by Gasteiger charge is -2.06. The fraction of sp³-hybridized carbons (Fsp3) is 0. The molecule has 1 N–H and O–H groups in total. The van der Waals surface area contributed by atoms with Gasteiger partial charge in [0.1, 0.15) is 0 Å². The number of para-hydroxylation sites is 1. The number of benzene rings is 1. The fourth-order valence-electron chi connectivity index (χ4n) is 1.85. The van der Waals surface area contributed by atoms with Crippen LogP contribution in [0.4, 0.5) is 5.69 Å². The van der Waals surface area contributed by atoms with E-state index in [9.17, 15) is 4.79 Å². The van der Waals surface area contributed by atoms with Gasteiger partial charge in [-0.1, -0.05) is 18.2 Å². The van der Waals surface area contributed by atoms with Crippen LogP contribution in [0.1, 0.15) is 10.4 Å². The van der Waals surface area contributed by atoms with E-state index in [2.05, 4.69) is 10.3 Å². The smallest absolute Gasteiger partial charge is 0.260 e. The maximum Gasteiger partial charge on any atom is 0.260 e. The highest BCUT2D eigenvalue weighted by Crippen LogP contribution is 2.23. The Morgan fingerprint density at radius 3 is 2.84 bits per heavy atom. The number of nitrogens with zero attached hydrogens (tertiary/aromatic N) is 1. The molecule has 94 valence electrons. The molecule has 0 saturated carbocycles. The zero-order valence-corrected chi connectivity index (χ0v) is 10.5. The minimum absolute atomic E-state index is 0.0747. The van der Waals surface area contributed by atoms with Gasteiger partial charge in [-0.15, -0.1) is 0 Å². The molecule has 0 aliphatic heterocycles. The van der Waals surface area contributed by atoms with Gasteiger partial charge in [0, 0.05) is 11.6 Å². The summed E-state index contributed by atoms with van der Waals surface area (Å²) >= 11 is 5.78. The summed E-state index contributed by atoms with van der Waals surface area (Å²) in [6.45, 7) is 0. The molecule has 2 aromatic heterocycles. The number of furan rings is 1. The lowest BCUT2D eigenvalue weighted by atomic mass is 10.2. The van der Waals surface area contributed by atoms with Gasteiger partial charge in [0.25, 0.3) is 5.91 Å². The summed E-state index contributed by atoms with van der Waals surface area (Å²) in [5.41, 5.74) is 1.67. The summed E-state index contributed by atoms with van der Waals surface area (Å²) in [4.78, 5) is 16.3. The van der Waals surface area contributed by atoms with E-state index in [1.165, 1.54) is 12.3 Å². The lowest BCUT2D eigenvalue weighted by molar-refractivity contribution is 0.102. The number of hydrogen-bond donors (Lipinski definition) is 1. The van der Waals surface area contributed by atoms with Crippen LogP contribution < -0.4 is 5.32 Å². The first-order valence-electron chi connectivity index (χ1n) is 5.64. The normalized spacial score (nSPS) is 10.6. The second kappa shape index (κ2) is 4.74. The Labute approximate surface area is 114 Å². The van der Waals surface area contributed by atoms with Crippen molar-refractivity contribution in [2.45, 2.75) is 0 Å². The highest BCUT2D eigenvalue weighted by Gasteiger charge is 2.14. The number of fused-ring (bicyclic) bond motifs is 1. The summed E-state index contributed by atoms with van der Waals surface area (Å²) in [7, 11) is 0. The molecule has 5 heteroatoms. The first-order valence-corrected chi connectivity index (χ1v) is 6.01. The molecule has 4 nitrogen and oxygen atoms in total. The van der Waals surface area contributed by atoms with Crippen molar-refractivity contribution < 1.29 is 9.21 Å². The van der Waals surface area contributed by atoms with Crippen LogP contribution in [0.2, 0.25) is 5.22 Å². The highest BCUT2D eigenvalue weighted by atomic mass is 35.5. The first-order chi connectivity index (χ1) is 9.25. The molecule has 0 fully saturated rings. The number of hydrogen-bond acceptors (Lipinski definition) is 3. The van der Waals surface area contributed by atoms with E-state index in [1.807, 2.05) is 24.3 Å². The van der Waals surface area contributed by atoms with Crippen molar-refractivity contribution in [2.24, 2.45) is 0 Å². The van der Waals surface area contributed by atoms with Crippen molar-refractivity contribution in [2.75, 3.05) is 5.32 Å². The van der Waals surface area contributed by atoms with Crippen molar-refractivity contribution >= 4 is 34.1 Å². The van der Waals surface area contributed by atoms with Crippen LogP contribution >= 0.6 is 11.6 Å². The zero-order valence-electron chi connectivity index (χ0n) is 9.76. The van der Waals surface area contributed by atoms with Crippen LogP contribution in [0.5, 0.6) is 0 Å². The predicted molar refractivity (Wildman–Crippen MR) is 73.4 cm³/mol. The summed E-state index contributed by atoms with van der Waals surface area (Å²) in [5, 5.41) is 3.81. The number of carbonyl (C=O) groups is 1. The number of carbonyl (C=O) groups excluding carboxylic acids is 1. The van der Waals surface area contributed by atoms with Crippen LogP contribution in [0.3, 0.4) is 0 Å². The Morgan fingerprint density at radius 1 is 1.21 bits per heavy atom. The topological polar surface area (TPSA) is 55.1 Å².